The largest absolute Gasteiger partial charge is 0.307 e. The third-order valence-corrected chi connectivity index (χ3v) is 4.19. The highest BCUT2D eigenvalue weighted by Crippen LogP contribution is 2.11. The van der Waals surface area contributed by atoms with Crippen LogP contribution in [-0.2, 0) is 4.79 Å². The molecule has 20 heavy (non-hydrogen) atoms. The van der Waals surface area contributed by atoms with Gasteiger partial charge in [0.15, 0.2) is 5.78 Å². The fraction of sp³-hybridized carbons (Fsp3) is 0.941. The van der Waals surface area contributed by atoms with Gasteiger partial charge in [-0.15, -0.1) is 0 Å². The molecule has 0 aliphatic carbocycles. The van der Waals surface area contributed by atoms with Gasteiger partial charge in [0.1, 0.15) is 0 Å². The van der Waals surface area contributed by atoms with Crippen molar-refractivity contribution in [2.24, 2.45) is 5.92 Å². The van der Waals surface area contributed by atoms with Crippen LogP contribution in [0.1, 0.15) is 66.7 Å². The fourth-order valence-electron chi connectivity index (χ4n) is 2.43. The van der Waals surface area contributed by atoms with Gasteiger partial charge < -0.3 is 10.2 Å². The minimum atomic E-state index is 0.0709. The number of Topliss-reactive ketones (excluding diaryl/α,β-unsaturated/α-hetero) is 1. The number of rotatable bonds is 13. The first kappa shape index (κ1) is 19.6. The zero-order valence-electron chi connectivity index (χ0n) is 14.4. The molecule has 0 radical (unpaired) electrons. The van der Waals surface area contributed by atoms with Crippen molar-refractivity contribution in [2.75, 3.05) is 26.2 Å². The molecule has 2 unspecified atom stereocenters. The quantitative estimate of drug-likeness (QED) is 0.526. The lowest BCUT2D eigenvalue weighted by molar-refractivity contribution is -0.124. The van der Waals surface area contributed by atoms with E-state index in [9.17, 15) is 4.79 Å². The Bertz CT molecular complexity index is 239. The number of unbranched alkanes of at least 4 members (excludes halogenated alkanes) is 1. The van der Waals surface area contributed by atoms with Gasteiger partial charge in [-0.25, -0.2) is 0 Å². The summed E-state index contributed by atoms with van der Waals surface area (Å²) in [5, 5.41) is 3.44. The second-order valence-electron chi connectivity index (χ2n) is 5.74. The summed E-state index contributed by atoms with van der Waals surface area (Å²) < 4.78 is 0. The van der Waals surface area contributed by atoms with Gasteiger partial charge in [-0.3, -0.25) is 4.79 Å². The molecule has 3 nitrogen and oxygen atoms in total. The lowest BCUT2D eigenvalue weighted by Crippen LogP contribution is -2.40. The van der Waals surface area contributed by atoms with Gasteiger partial charge in [0.25, 0.3) is 0 Å². The average molecular weight is 284 g/mol. The number of carbonyl (C=O) groups is 1. The monoisotopic (exact) mass is 284 g/mol. The van der Waals surface area contributed by atoms with E-state index in [1.54, 1.807) is 0 Å². The Morgan fingerprint density at radius 3 is 2.25 bits per heavy atom. The zero-order chi connectivity index (χ0) is 15.4. The van der Waals surface area contributed by atoms with Crippen LogP contribution < -0.4 is 5.32 Å². The van der Waals surface area contributed by atoms with E-state index < -0.39 is 0 Å². The Labute approximate surface area is 126 Å². The summed E-state index contributed by atoms with van der Waals surface area (Å²) in [5.74, 6) is 0.593. The first-order valence-electron chi connectivity index (χ1n) is 8.59. The van der Waals surface area contributed by atoms with Crippen molar-refractivity contribution in [1.29, 1.82) is 0 Å². The molecule has 0 aromatic carbocycles. The van der Waals surface area contributed by atoms with Crippen LogP contribution in [0.5, 0.6) is 0 Å². The molecule has 0 bridgehead atoms. The second-order valence-corrected chi connectivity index (χ2v) is 5.74. The van der Waals surface area contributed by atoms with Gasteiger partial charge in [-0.05, 0) is 51.9 Å². The number of nitrogens with zero attached hydrogens (tertiary/aromatic N) is 1. The smallest absolute Gasteiger partial charge is 0.152 e. The lowest BCUT2D eigenvalue weighted by Gasteiger charge is -2.22. The van der Waals surface area contributed by atoms with E-state index >= 15 is 0 Å². The SMILES string of the molecule is CCCNC(CCCCN(CC)CC)C(=O)C(C)CC. The Kier molecular flexibility index (Phi) is 12.1. The zero-order valence-corrected chi connectivity index (χ0v) is 14.4. The van der Waals surface area contributed by atoms with Gasteiger partial charge in [-0.2, -0.15) is 0 Å². The van der Waals surface area contributed by atoms with Crippen LogP contribution in [-0.4, -0.2) is 42.9 Å². The molecule has 0 fully saturated rings. The van der Waals surface area contributed by atoms with Gasteiger partial charge in [0.05, 0.1) is 6.04 Å². The fourth-order valence-corrected chi connectivity index (χ4v) is 2.43. The third kappa shape index (κ3) is 8.01. The summed E-state index contributed by atoms with van der Waals surface area (Å²) >= 11 is 0. The standard InChI is InChI=1S/C17H36N2O/c1-6-13-18-16(17(20)15(5)7-2)12-10-11-14-19(8-3)9-4/h15-16,18H,6-14H2,1-5H3. The maximum Gasteiger partial charge on any atom is 0.152 e. The summed E-state index contributed by atoms with van der Waals surface area (Å²) in [6.45, 7) is 15.1. The van der Waals surface area contributed by atoms with Crippen LogP contribution in [0.4, 0.5) is 0 Å². The molecule has 2 atom stereocenters. The van der Waals surface area contributed by atoms with Crippen molar-refractivity contribution in [3.63, 3.8) is 0 Å². The Morgan fingerprint density at radius 2 is 1.75 bits per heavy atom. The lowest BCUT2D eigenvalue weighted by atomic mass is 9.94. The molecule has 120 valence electrons. The molecule has 3 heteroatoms. The first-order chi connectivity index (χ1) is 9.60. The van der Waals surface area contributed by atoms with Crippen LogP contribution in [0, 0.1) is 5.92 Å². The summed E-state index contributed by atoms with van der Waals surface area (Å²) in [5.41, 5.74) is 0. The van der Waals surface area contributed by atoms with Gasteiger partial charge in [0.2, 0.25) is 0 Å². The molecule has 0 rings (SSSR count). The van der Waals surface area contributed by atoms with Gasteiger partial charge in [0, 0.05) is 5.92 Å². The number of hydrogen-bond acceptors (Lipinski definition) is 3. The number of ketones is 1. The Hall–Kier alpha value is -0.410. The number of carbonyl (C=O) groups excluding carboxylic acids is 1. The molecule has 0 aromatic rings. The van der Waals surface area contributed by atoms with Crippen LogP contribution in [0.25, 0.3) is 0 Å². The molecule has 0 saturated heterocycles. The van der Waals surface area contributed by atoms with Crippen LogP contribution >= 0.6 is 0 Å². The minimum absolute atomic E-state index is 0.0709. The predicted octanol–water partition coefficient (Wildman–Crippen LogP) is 3.48. The van der Waals surface area contributed by atoms with Crippen LogP contribution in [0.2, 0.25) is 0 Å². The maximum atomic E-state index is 12.3. The normalized spacial score (nSPS) is 14.5. The van der Waals surface area contributed by atoms with E-state index in [0.717, 1.165) is 51.9 Å². The third-order valence-electron chi connectivity index (χ3n) is 4.19. The molecular weight excluding hydrogens is 248 g/mol. The summed E-state index contributed by atoms with van der Waals surface area (Å²) in [7, 11) is 0. The highest BCUT2D eigenvalue weighted by Gasteiger charge is 2.21. The maximum absolute atomic E-state index is 12.3. The topological polar surface area (TPSA) is 32.3 Å². The van der Waals surface area contributed by atoms with Crippen molar-refractivity contribution in [3.8, 4) is 0 Å². The first-order valence-corrected chi connectivity index (χ1v) is 8.59. The van der Waals surface area contributed by atoms with E-state index in [2.05, 4.69) is 44.8 Å². The number of nitrogens with one attached hydrogen (secondary N) is 1. The van der Waals surface area contributed by atoms with Crippen molar-refractivity contribution in [3.05, 3.63) is 0 Å². The van der Waals surface area contributed by atoms with E-state index in [0.29, 0.717) is 5.78 Å². The molecule has 1 N–H and O–H groups in total. The Morgan fingerprint density at radius 1 is 1.10 bits per heavy atom. The molecule has 0 saturated carbocycles. The van der Waals surface area contributed by atoms with Gasteiger partial charge >= 0.3 is 0 Å². The summed E-state index contributed by atoms with van der Waals surface area (Å²) in [4.78, 5) is 14.8. The molecule has 0 aliphatic heterocycles. The minimum Gasteiger partial charge on any atom is -0.307 e. The Balaban J connectivity index is 4.13. The molecule has 0 aromatic heterocycles. The molecule has 0 aliphatic rings. The molecular formula is C17H36N2O. The highest BCUT2D eigenvalue weighted by molar-refractivity contribution is 5.85. The molecule has 0 spiro atoms. The van der Waals surface area contributed by atoms with Crippen molar-refractivity contribution in [2.45, 2.75) is 72.8 Å². The van der Waals surface area contributed by atoms with Crippen LogP contribution in [0.3, 0.4) is 0 Å². The van der Waals surface area contributed by atoms with E-state index in [1.807, 2.05) is 0 Å². The van der Waals surface area contributed by atoms with E-state index in [4.69, 9.17) is 0 Å². The summed E-state index contributed by atoms with van der Waals surface area (Å²) in [6.07, 6.45) is 5.36. The number of hydrogen-bond donors (Lipinski definition) is 1. The van der Waals surface area contributed by atoms with Gasteiger partial charge in [-0.1, -0.05) is 41.0 Å². The van der Waals surface area contributed by atoms with E-state index in [1.165, 1.54) is 6.42 Å². The van der Waals surface area contributed by atoms with Crippen molar-refractivity contribution < 1.29 is 4.79 Å². The highest BCUT2D eigenvalue weighted by atomic mass is 16.1. The molecule has 0 heterocycles. The van der Waals surface area contributed by atoms with Crippen molar-refractivity contribution in [1.82, 2.24) is 10.2 Å². The van der Waals surface area contributed by atoms with E-state index in [-0.39, 0.29) is 12.0 Å². The molecule has 0 amide bonds. The average Bonchev–Trinajstić information content (AvgIpc) is 2.48. The summed E-state index contributed by atoms with van der Waals surface area (Å²) in [6, 6.07) is 0.0709. The van der Waals surface area contributed by atoms with Crippen LogP contribution in [0.15, 0.2) is 0 Å². The second kappa shape index (κ2) is 12.3. The predicted molar refractivity (Wildman–Crippen MR) is 88.2 cm³/mol. The van der Waals surface area contributed by atoms with Crippen molar-refractivity contribution >= 4 is 5.78 Å².